The molecule has 0 bridgehead atoms. The molecule has 0 aromatic heterocycles. The number of nitro groups is 1. The van der Waals surface area contributed by atoms with E-state index in [4.69, 9.17) is 0 Å². The number of para-hydroxylation sites is 1. The molecular formula is C21H23N3O4. The number of nitro benzene ring substituents is 1. The molecule has 28 heavy (non-hydrogen) atoms. The van der Waals surface area contributed by atoms with Crippen LogP contribution in [0.25, 0.3) is 6.08 Å². The maximum atomic E-state index is 12.3. The molecule has 0 saturated heterocycles. The number of amides is 2. The van der Waals surface area contributed by atoms with Gasteiger partial charge in [-0.15, -0.1) is 0 Å². The molecular weight excluding hydrogens is 358 g/mol. The van der Waals surface area contributed by atoms with E-state index in [1.165, 1.54) is 30.2 Å². The Labute approximate surface area is 163 Å². The molecule has 7 nitrogen and oxygen atoms in total. The van der Waals surface area contributed by atoms with Gasteiger partial charge in [0.25, 0.3) is 5.69 Å². The fraction of sp³-hybridized carbons (Fsp3) is 0.238. The van der Waals surface area contributed by atoms with Crippen molar-refractivity contribution in [3.05, 3.63) is 74.8 Å². The molecule has 0 aliphatic carbocycles. The maximum absolute atomic E-state index is 12.3. The van der Waals surface area contributed by atoms with Gasteiger partial charge in [-0.2, -0.15) is 0 Å². The third-order valence-corrected chi connectivity index (χ3v) is 4.24. The van der Waals surface area contributed by atoms with Crippen LogP contribution in [-0.2, 0) is 9.59 Å². The van der Waals surface area contributed by atoms with Gasteiger partial charge in [0.1, 0.15) is 0 Å². The smallest absolute Gasteiger partial charge is 0.276 e. The molecule has 1 N–H and O–H groups in total. The van der Waals surface area contributed by atoms with Crippen molar-refractivity contribution in [3.63, 3.8) is 0 Å². The molecule has 0 aliphatic rings. The van der Waals surface area contributed by atoms with Crippen LogP contribution in [0.3, 0.4) is 0 Å². The van der Waals surface area contributed by atoms with E-state index < -0.39 is 10.8 Å². The van der Waals surface area contributed by atoms with Crippen LogP contribution in [0, 0.1) is 30.9 Å². The minimum atomic E-state index is -0.506. The Hall–Kier alpha value is -3.48. The molecule has 0 atom stereocenters. The molecule has 0 radical (unpaired) electrons. The fourth-order valence-corrected chi connectivity index (χ4v) is 2.93. The number of benzene rings is 2. The number of aryl methyl sites for hydroxylation is 3. The summed E-state index contributed by atoms with van der Waals surface area (Å²) >= 11 is 0. The summed E-state index contributed by atoms with van der Waals surface area (Å²) in [4.78, 5) is 36.3. The van der Waals surface area contributed by atoms with Gasteiger partial charge in [0.15, 0.2) is 0 Å². The zero-order valence-electron chi connectivity index (χ0n) is 16.4. The lowest BCUT2D eigenvalue weighted by atomic mass is 10.1. The summed E-state index contributed by atoms with van der Waals surface area (Å²) < 4.78 is 0. The number of nitrogens with zero attached hydrogens (tertiary/aromatic N) is 2. The van der Waals surface area contributed by atoms with E-state index >= 15 is 0 Å². The average molecular weight is 381 g/mol. The summed E-state index contributed by atoms with van der Waals surface area (Å²) in [6.07, 6.45) is 2.60. The second-order valence-electron chi connectivity index (χ2n) is 6.67. The first-order valence-corrected chi connectivity index (χ1v) is 8.73. The molecule has 0 fully saturated rings. The molecule has 0 aliphatic heterocycles. The quantitative estimate of drug-likeness (QED) is 0.470. The highest BCUT2D eigenvalue weighted by Gasteiger charge is 2.14. The van der Waals surface area contributed by atoms with Crippen molar-refractivity contribution in [1.82, 2.24) is 4.90 Å². The van der Waals surface area contributed by atoms with E-state index in [9.17, 15) is 19.7 Å². The number of carbonyl (C=O) groups excluding carboxylic acids is 2. The Morgan fingerprint density at radius 2 is 1.75 bits per heavy atom. The van der Waals surface area contributed by atoms with Gasteiger partial charge in [0, 0.05) is 24.9 Å². The SMILES string of the molecule is Cc1cc(C)c(NC(=O)CN(C)C(=O)/C=C/c2ccccc2[N+](=O)[O-])c(C)c1. The van der Waals surface area contributed by atoms with Crippen molar-refractivity contribution in [2.24, 2.45) is 0 Å². The van der Waals surface area contributed by atoms with Gasteiger partial charge < -0.3 is 10.2 Å². The van der Waals surface area contributed by atoms with E-state index in [0.29, 0.717) is 5.56 Å². The highest BCUT2D eigenvalue weighted by molar-refractivity contribution is 5.98. The van der Waals surface area contributed by atoms with Crippen LogP contribution in [0.1, 0.15) is 22.3 Å². The minimum absolute atomic E-state index is 0.0859. The summed E-state index contributed by atoms with van der Waals surface area (Å²) in [5.74, 6) is -0.740. The van der Waals surface area contributed by atoms with Crippen LogP contribution in [0.2, 0.25) is 0 Å². The Morgan fingerprint density at radius 3 is 2.36 bits per heavy atom. The molecule has 2 amide bonds. The Kier molecular flexibility index (Phi) is 6.65. The zero-order valence-corrected chi connectivity index (χ0v) is 16.4. The molecule has 2 rings (SSSR count). The van der Waals surface area contributed by atoms with Crippen molar-refractivity contribution < 1.29 is 14.5 Å². The molecule has 7 heteroatoms. The first-order valence-electron chi connectivity index (χ1n) is 8.73. The molecule has 0 saturated carbocycles. The number of anilines is 1. The van der Waals surface area contributed by atoms with Crippen LogP contribution >= 0.6 is 0 Å². The van der Waals surface area contributed by atoms with E-state index in [-0.39, 0.29) is 18.1 Å². The van der Waals surface area contributed by atoms with Gasteiger partial charge in [-0.3, -0.25) is 19.7 Å². The van der Waals surface area contributed by atoms with Gasteiger partial charge >= 0.3 is 0 Å². The molecule has 0 unspecified atom stereocenters. The minimum Gasteiger partial charge on any atom is -0.333 e. The predicted molar refractivity (Wildman–Crippen MR) is 109 cm³/mol. The van der Waals surface area contributed by atoms with Gasteiger partial charge in [-0.25, -0.2) is 0 Å². The van der Waals surface area contributed by atoms with Crippen LogP contribution in [0.5, 0.6) is 0 Å². The number of nitrogens with one attached hydrogen (secondary N) is 1. The molecule has 0 heterocycles. The number of carbonyl (C=O) groups is 2. The van der Waals surface area contributed by atoms with E-state index in [1.54, 1.807) is 18.2 Å². The summed E-state index contributed by atoms with van der Waals surface area (Å²) in [6, 6.07) is 10.1. The summed E-state index contributed by atoms with van der Waals surface area (Å²) in [5.41, 5.74) is 4.00. The largest absolute Gasteiger partial charge is 0.333 e. The lowest BCUT2D eigenvalue weighted by Gasteiger charge is -2.17. The Morgan fingerprint density at radius 1 is 1.14 bits per heavy atom. The zero-order chi connectivity index (χ0) is 20.8. The number of hydrogen-bond acceptors (Lipinski definition) is 4. The van der Waals surface area contributed by atoms with Crippen molar-refractivity contribution in [1.29, 1.82) is 0 Å². The number of hydrogen-bond donors (Lipinski definition) is 1. The molecule has 146 valence electrons. The van der Waals surface area contributed by atoms with Gasteiger partial charge in [-0.1, -0.05) is 29.8 Å². The lowest BCUT2D eigenvalue weighted by Crippen LogP contribution is -2.34. The second-order valence-corrected chi connectivity index (χ2v) is 6.67. The van der Waals surface area contributed by atoms with Gasteiger partial charge in [0.05, 0.1) is 17.0 Å². The van der Waals surface area contributed by atoms with Crippen molar-refractivity contribution in [2.75, 3.05) is 18.9 Å². The maximum Gasteiger partial charge on any atom is 0.276 e. The average Bonchev–Trinajstić information content (AvgIpc) is 2.62. The number of likely N-dealkylation sites (N-methyl/N-ethyl adjacent to an activating group) is 1. The first kappa shape index (κ1) is 20.8. The summed E-state index contributed by atoms with van der Waals surface area (Å²) in [5, 5.41) is 13.9. The van der Waals surface area contributed by atoms with Crippen LogP contribution < -0.4 is 5.32 Å². The van der Waals surface area contributed by atoms with Crippen LogP contribution in [0.15, 0.2) is 42.5 Å². The van der Waals surface area contributed by atoms with Crippen LogP contribution in [-0.4, -0.2) is 35.2 Å². The van der Waals surface area contributed by atoms with Crippen molar-refractivity contribution >= 4 is 29.3 Å². The van der Waals surface area contributed by atoms with E-state index in [2.05, 4.69) is 5.32 Å². The first-order chi connectivity index (χ1) is 13.2. The van der Waals surface area contributed by atoms with E-state index in [0.717, 1.165) is 22.4 Å². The monoisotopic (exact) mass is 381 g/mol. The molecule has 2 aromatic rings. The standard InChI is InChI=1S/C21H23N3O4/c1-14-11-15(2)21(16(3)12-14)22-19(25)13-23(4)20(26)10-9-17-7-5-6-8-18(17)24(27)28/h5-12H,13H2,1-4H3,(H,22,25)/b10-9+. The van der Waals surface area contributed by atoms with Gasteiger partial charge in [0.2, 0.25) is 11.8 Å². The summed E-state index contributed by atoms with van der Waals surface area (Å²) in [6.45, 7) is 5.69. The third-order valence-electron chi connectivity index (χ3n) is 4.24. The molecule has 2 aromatic carbocycles. The Bertz CT molecular complexity index is 927. The summed E-state index contributed by atoms with van der Waals surface area (Å²) in [7, 11) is 1.50. The second kappa shape index (κ2) is 8.94. The topological polar surface area (TPSA) is 92.6 Å². The lowest BCUT2D eigenvalue weighted by molar-refractivity contribution is -0.385. The predicted octanol–water partition coefficient (Wildman–Crippen LogP) is 3.63. The third kappa shape index (κ3) is 5.26. The van der Waals surface area contributed by atoms with Crippen molar-refractivity contribution in [3.8, 4) is 0 Å². The normalized spacial score (nSPS) is 10.7. The Balaban J connectivity index is 2.03. The highest BCUT2D eigenvalue weighted by Crippen LogP contribution is 2.22. The fourth-order valence-electron chi connectivity index (χ4n) is 2.93. The highest BCUT2D eigenvalue weighted by atomic mass is 16.6. The molecule has 0 spiro atoms. The van der Waals surface area contributed by atoms with E-state index in [1.807, 2.05) is 32.9 Å². The van der Waals surface area contributed by atoms with Crippen molar-refractivity contribution in [2.45, 2.75) is 20.8 Å². The van der Waals surface area contributed by atoms with Crippen LogP contribution in [0.4, 0.5) is 11.4 Å². The number of rotatable bonds is 6. The van der Waals surface area contributed by atoms with Gasteiger partial charge in [-0.05, 0) is 44.0 Å².